The van der Waals surface area contributed by atoms with Gasteiger partial charge in [0.15, 0.2) is 9.84 Å². The lowest BCUT2D eigenvalue weighted by Crippen LogP contribution is -2.25. The van der Waals surface area contributed by atoms with Gasteiger partial charge in [-0.15, -0.1) is 11.3 Å². The van der Waals surface area contributed by atoms with Gasteiger partial charge >= 0.3 is 0 Å². The van der Waals surface area contributed by atoms with Crippen LogP contribution in [0.4, 0.5) is 0 Å². The van der Waals surface area contributed by atoms with Gasteiger partial charge in [-0.25, -0.2) is 13.1 Å². The predicted octanol–water partition coefficient (Wildman–Crippen LogP) is 4.78. The number of fused-ring (bicyclic) bond motifs is 1. The van der Waals surface area contributed by atoms with Gasteiger partial charge in [-0.3, -0.25) is 4.79 Å². The van der Waals surface area contributed by atoms with Crippen LogP contribution in [0, 0.1) is 6.92 Å². The van der Waals surface area contributed by atoms with Gasteiger partial charge in [-0.05, 0) is 37.1 Å². The summed E-state index contributed by atoms with van der Waals surface area (Å²) in [6.45, 7) is 2.18. The van der Waals surface area contributed by atoms with E-state index in [1.165, 1.54) is 11.3 Å². The first-order valence-electron chi connectivity index (χ1n) is 10.1. The number of nitrogens with one attached hydrogen (secondary N) is 1. The molecule has 0 aliphatic rings. The maximum absolute atomic E-state index is 12.6. The van der Waals surface area contributed by atoms with E-state index in [1.54, 1.807) is 22.9 Å². The number of hydrogen-bond acceptors (Lipinski definition) is 5. The van der Waals surface area contributed by atoms with Gasteiger partial charge in [0.1, 0.15) is 4.83 Å². The lowest BCUT2D eigenvalue weighted by Gasteiger charge is -2.06. The predicted molar refractivity (Wildman–Crippen MR) is 130 cm³/mol. The first kappa shape index (κ1) is 22.5. The molecule has 166 valence electrons. The number of sulfone groups is 1. The van der Waals surface area contributed by atoms with Gasteiger partial charge < -0.3 is 5.32 Å². The van der Waals surface area contributed by atoms with Gasteiger partial charge in [-0.1, -0.05) is 54.1 Å². The third-order valence-electron chi connectivity index (χ3n) is 5.00. The molecular weight excluding hydrogens is 466 g/mol. The standard InChI is InChI=1S/C23H22ClN3O3S2/c1-16-18-14-21(31-23(18)27(26-16)20-11-6-5-10-19(20)24)22(28)25-12-7-13-32(29,30)15-17-8-3-2-4-9-17/h2-6,8-11,14H,7,12-13,15H2,1H3,(H,25,28). The lowest BCUT2D eigenvalue weighted by atomic mass is 10.2. The van der Waals surface area contributed by atoms with E-state index in [2.05, 4.69) is 10.4 Å². The maximum Gasteiger partial charge on any atom is 0.261 e. The van der Waals surface area contributed by atoms with Crippen LogP contribution in [0.2, 0.25) is 5.02 Å². The number of aryl methyl sites for hydroxylation is 1. The summed E-state index contributed by atoms with van der Waals surface area (Å²) in [7, 11) is -3.23. The number of rotatable bonds is 8. The summed E-state index contributed by atoms with van der Waals surface area (Å²) in [5.74, 6) is -0.192. The molecule has 0 saturated heterocycles. The average molecular weight is 488 g/mol. The van der Waals surface area contributed by atoms with Crippen molar-refractivity contribution in [1.82, 2.24) is 15.1 Å². The molecule has 0 spiro atoms. The largest absolute Gasteiger partial charge is 0.351 e. The van der Waals surface area contributed by atoms with Crippen LogP contribution in [-0.4, -0.2) is 36.4 Å². The molecule has 1 N–H and O–H groups in total. The fourth-order valence-corrected chi connectivity index (χ4v) is 6.16. The number of aromatic nitrogens is 2. The fourth-order valence-electron chi connectivity index (χ4n) is 3.43. The highest BCUT2D eigenvalue weighted by molar-refractivity contribution is 7.90. The second-order valence-electron chi connectivity index (χ2n) is 7.47. The molecule has 0 radical (unpaired) electrons. The van der Waals surface area contributed by atoms with Crippen molar-refractivity contribution >= 4 is 48.9 Å². The Morgan fingerprint density at radius 2 is 1.84 bits per heavy atom. The number of hydrogen-bond donors (Lipinski definition) is 1. The molecule has 9 heteroatoms. The summed E-state index contributed by atoms with van der Waals surface area (Å²) in [4.78, 5) is 14.0. The molecule has 0 unspecified atom stereocenters. The van der Waals surface area contributed by atoms with Crippen LogP contribution in [0.1, 0.15) is 27.3 Å². The van der Waals surface area contributed by atoms with Crippen molar-refractivity contribution in [2.45, 2.75) is 19.1 Å². The maximum atomic E-state index is 12.6. The Labute approximate surface area is 195 Å². The van der Waals surface area contributed by atoms with Crippen LogP contribution >= 0.6 is 22.9 Å². The van der Waals surface area contributed by atoms with E-state index in [0.717, 1.165) is 27.2 Å². The lowest BCUT2D eigenvalue weighted by molar-refractivity contribution is 0.0958. The van der Waals surface area contributed by atoms with E-state index < -0.39 is 9.84 Å². The number of benzene rings is 2. The smallest absolute Gasteiger partial charge is 0.261 e. The average Bonchev–Trinajstić information content (AvgIpc) is 3.33. The van der Waals surface area contributed by atoms with Crippen LogP contribution in [0.5, 0.6) is 0 Å². The van der Waals surface area contributed by atoms with Crippen molar-refractivity contribution in [1.29, 1.82) is 0 Å². The number of thiophene rings is 1. The summed E-state index contributed by atoms with van der Waals surface area (Å²) in [6.07, 6.45) is 0.359. The van der Waals surface area contributed by atoms with Crippen molar-refractivity contribution in [2.75, 3.05) is 12.3 Å². The molecule has 4 aromatic rings. The highest BCUT2D eigenvalue weighted by atomic mass is 35.5. The number of para-hydroxylation sites is 1. The Morgan fingerprint density at radius 1 is 1.12 bits per heavy atom. The molecule has 1 amide bonds. The van der Waals surface area contributed by atoms with Crippen molar-refractivity contribution in [3.8, 4) is 5.69 Å². The van der Waals surface area contributed by atoms with Gasteiger partial charge in [0.25, 0.3) is 5.91 Å². The highest BCUT2D eigenvalue weighted by Crippen LogP contribution is 2.32. The number of amides is 1. The zero-order chi connectivity index (χ0) is 22.7. The Balaban J connectivity index is 1.39. The van der Waals surface area contributed by atoms with Gasteiger partial charge in [0, 0.05) is 11.9 Å². The van der Waals surface area contributed by atoms with E-state index >= 15 is 0 Å². The quantitative estimate of drug-likeness (QED) is 0.362. The minimum atomic E-state index is -3.23. The van der Waals surface area contributed by atoms with E-state index in [1.807, 2.05) is 49.4 Å². The van der Waals surface area contributed by atoms with Crippen molar-refractivity contribution in [3.63, 3.8) is 0 Å². The molecule has 2 heterocycles. The van der Waals surface area contributed by atoms with Gasteiger partial charge in [0.05, 0.1) is 32.8 Å². The topological polar surface area (TPSA) is 81.1 Å². The van der Waals surface area contributed by atoms with E-state index in [0.29, 0.717) is 16.3 Å². The second-order valence-corrected chi connectivity index (χ2v) is 11.1. The van der Waals surface area contributed by atoms with Crippen LogP contribution in [-0.2, 0) is 15.6 Å². The van der Waals surface area contributed by atoms with Crippen molar-refractivity contribution < 1.29 is 13.2 Å². The summed E-state index contributed by atoms with van der Waals surface area (Å²) in [5, 5.41) is 8.86. The molecule has 2 aromatic heterocycles. The molecule has 4 rings (SSSR count). The van der Waals surface area contributed by atoms with E-state index in [-0.39, 0.29) is 24.0 Å². The molecule has 0 aliphatic heterocycles. The van der Waals surface area contributed by atoms with Crippen molar-refractivity contribution in [3.05, 3.63) is 81.8 Å². The van der Waals surface area contributed by atoms with Crippen LogP contribution in [0.3, 0.4) is 0 Å². The summed E-state index contributed by atoms with van der Waals surface area (Å²) < 4.78 is 26.4. The number of nitrogens with zero attached hydrogens (tertiary/aromatic N) is 2. The Hall–Kier alpha value is -2.68. The van der Waals surface area contributed by atoms with Gasteiger partial charge in [-0.2, -0.15) is 5.10 Å². The van der Waals surface area contributed by atoms with Crippen molar-refractivity contribution in [2.24, 2.45) is 0 Å². The van der Waals surface area contributed by atoms with Crippen LogP contribution < -0.4 is 5.32 Å². The van der Waals surface area contributed by atoms with Crippen LogP contribution in [0.15, 0.2) is 60.7 Å². The molecule has 0 saturated carbocycles. The fraction of sp³-hybridized carbons (Fsp3) is 0.217. The molecule has 2 aromatic carbocycles. The molecule has 32 heavy (non-hydrogen) atoms. The van der Waals surface area contributed by atoms with Crippen LogP contribution in [0.25, 0.3) is 15.9 Å². The molecular formula is C23H22ClN3O3S2. The minimum absolute atomic E-state index is 0.00984. The molecule has 0 bridgehead atoms. The summed E-state index contributed by atoms with van der Waals surface area (Å²) in [6, 6.07) is 18.3. The zero-order valence-electron chi connectivity index (χ0n) is 17.4. The molecule has 0 atom stereocenters. The van der Waals surface area contributed by atoms with E-state index in [9.17, 15) is 13.2 Å². The molecule has 0 fully saturated rings. The second kappa shape index (κ2) is 9.44. The highest BCUT2D eigenvalue weighted by Gasteiger charge is 2.18. The first-order chi connectivity index (χ1) is 15.3. The third-order valence-corrected chi connectivity index (χ3v) is 8.11. The number of halogens is 1. The third kappa shape index (κ3) is 5.03. The number of carbonyl (C=O) groups is 1. The molecule has 6 nitrogen and oxygen atoms in total. The normalized spacial score (nSPS) is 11.7. The SMILES string of the molecule is Cc1nn(-c2ccccc2Cl)c2sc(C(=O)NCCCS(=O)(=O)Cc3ccccc3)cc12. The molecule has 0 aliphatic carbocycles. The Bertz CT molecular complexity index is 1360. The monoisotopic (exact) mass is 487 g/mol. The summed E-state index contributed by atoms with van der Waals surface area (Å²) in [5.41, 5.74) is 2.33. The minimum Gasteiger partial charge on any atom is -0.351 e. The zero-order valence-corrected chi connectivity index (χ0v) is 19.8. The van der Waals surface area contributed by atoms with E-state index in [4.69, 9.17) is 11.6 Å². The first-order valence-corrected chi connectivity index (χ1v) is 13.1. The Kier molecular flexibility index (Phi) is 6.64. The number of carbonyl (C=O) groups excluding carboxylic acids is 1. The Morgan fingerprint density at radius 3 is 2.59 bits per heavy atom. The summed E-state index contributed by atoms with van der Waals surface area (Å²) >= 11 is 7.66. The van der Waals surface area contributed by atoms with Gasteiger partial charge in [0.2, 0.25) is 0 Å².